The van der Waals surface area contributed by atoms with Crippen LogP contribution >= 0.6 is 23.2 Å². The quantitative estimate of drug-likeness (QED) is 0.693. The SMILES string of the molecule is COc1ccc(-c2cc(Cl)ccc2Cl)c2c(C=O)c[nH]c12. The third-order valence-electron chi connectivity index (χ3n) is 3.39. The number of aromatic nitrogens is 1. The Bertz CT molecular complexity index is 840. The molecule has 21 heavy (non-hydrogen) atoms. The minimum atomic E-state index is 0.551. The Hall–Kier alpha value is -1.97. The number of hydrogen-bond donors (Lipinski definition) is 1. The van der Waals surface area contributed by atoms with Gasteiger partial charge in [-0.3, -0.25) is 4.79 Å². The molecule has 0 amide bonds. The van der Waals surface area contributed by atoms with Crippen molar-refractivity contribution in [3.8, 4) is 16.9 Å². The number of ether oxygens (including phenoxy) is 1. The highest BCUT2D eigenvalue weighted by atomic mass is 35.5. The third-order valence-corrected chi connectivity index (χ3v) is 3.96. The van der Waals surface area contributed by atoms with Gasteiger partial charge in [0, 0.05) is 32.8 Å². The topological polar surface area (TPSA) is 42.1 Å². The van der Waals surface area contributed by atoms with E-state index < -0.39 is 0 Å². The van der Waals surface area contributed by atoms with Gasteiger partial charge in [-0.15, -0.1) is 0 Å². The first kappa shape index (κ1) is 14.0. The number of H-pyrrole nitrogens is 1. The van der Waals surface area contributed by atoms with E-state index in [9.17, 15) is 4.79 Å². The van der Waals surface area contributed by atoms with E-state index in [2.05, 4.69) is 4.98 Å². The highest BCUT2D eigenvalue weighted by Gasteiger charge is 2.15. The van der Waals surface area contributed by atoms with Crippen LogP contribution in [0.4, 0.5) is 0 Å². The molecule has 5 heteroatoms. The summed E-state index contributed by atoms with van der Waals surface area (Å²) in [5, 5.41) is 1.93. The summed E-state index contributed by atoms with van der Waals surface area (Å²) in [6.45, 7) is 0. The fraction of sp³-hybridized carbons (Fsp3) is 0.0625. The predicted octanol–water partition coefficient (Wildman–Crippen LogP) is 4.96. The number of rotatable bonds is 3. The normalized spacial score (nSPS) is 10.8. The number of carbonyl (C=O) groups excluding carboxylic acids is 1. The largest absolute Gasteiger partial charge is 0.495 e. The number of halogens is 2. The molecule has 0 aliphatic rings. The molecular weight excluding hydrogens is 309 g/mol. The minimum absolute atomic E-state index is 0.551. The van der Waals surface area contributed by atoms with Gasteiger partial charge in [-0.1, -0.05) is 23.2 Å². The maximum Gasteiger partial charge on any atom is 0.152 e. The molecule has 2 aromatic carbocycles. The first-order valence-electron chi connectivity index (χ1n) is 6.24. The molecule has 3 rings (SSSR count). The molecule has 0 unspecified atom stereocenters. The number of carbonyl (C=O) groups is 1. The fourth-order valence-corrected chi connectivity index (χ4v) is 2.83. The van der Waals surface area contributed by atoms with E-state index in [1.807, 2.05) is 12.1 Å². The standard InChI is InChI=1S/C16H11Cl2NO2/c1-21-14-5-3-11(12-6-10(17)2-4-13(12)18)15-9(8-20)7-19-16(14)15/h2-8,19H,1H3. The van der Waals surface area contributed by atoms with Crippen LogP contribution in [0.1, 0.15) is 10.4 Å². The summed E-state index contributed by atoms with van der Waals surface area (Å²) in [5.74, 6) is 0.667. The van der Waals surface area contributed by atoms with Crippen LogP contribution in [0.25, 0.3) is 22.0 Å². The highest BCUT2D eigenvalue weighted by Crippen LogP contribution is 2.39. The summed E-state index contributed by atoms with van der Waals surface area (Å²) < 4.78 is 5.32. The van der Waals surface area contributed by atoms with E-state index in [-0.39, 0.29) is 0 Å². The molecule has 0 saturated carbocycles. The van der Waals surface area contributed by atoms with Gasteiger partial charge >= 0.3 is 0 Å². The Labute approximate surface area is 131 Å². The van der Waals surface area contributed by atoms with Crippen molar-refractivity contribution in [2.75, 3.05) is 7.11 Å². The van der Waals surface area contributed by atoms with Crippen molar-refractivity contribution >= 4 is 40.4 Å². The molecule has 0 saturated heterocycles. The van der Waals surface area contributed by atoms with Crippen LogP contribution < -0.4 is 4.74 Å². The van der Waals surface area contributed by atoms with Crippen molar-refractivity contribution in [1.82, 2.24) is 4.98 Å². The molecular formula is C16H11Cl2NO2. The molecule has 0 aliphatic carbocycles. The average molecular weight is 320 g/mol. The number of methoxy groups -OCH3 is 1. The molecule has 3 aromatic rings. The van der Waals surface area contributed by atoms with E-state index in [1.165, 1.54) is 0 Å². The number of benzene rings is 2. The lowest BCUT2D eigenvalue weighted by Crippen LogP contribution is -1.89. The molecule has 1 N–H and O–H groups in total. The average Bonchev–Trinajstić information content (AvgIpc) is 2.93. The van der Waals surface area contributed by atoms with Crippen LogP contribution in [0.5, 0.6) is 5.75 Å². The maximum atomic E-state index is 11.3. The molecule has 0 aliphatic heterocycles. The predicted molar refractivity (Wildman–Crippen MR) is 85.7 cm³/mol. The summed E-state index contributed by atoms with van der Waals surface area (Å²) in [7, 11) is 1.59. The number of nitrogens with one attached hydrogen (secondary N) is 1. The van der Waals surface area contributed by atoms with Crippen molar-refractivity contribution < 1.29 is 9.53 Å². The van der Waals surface area contributed by atoms with Gasteiger partial charge in [0.15, 0.2) is 6.29 Å². The van der Waals surface area contributed by atoms with E-state index in [4.69, 9.17) is 27.9 Å². The van der Waals surface area contributed by atoms with Crippen molar-refractivity contribution in [1.29, 1.82) is 0 Å². The van der Waals surface area contributed by atoms with Crippen LogP contribution in [0, 0.1) is 0 Å². The molecule has 0 bridgehead atoms. The smallest absolute Gasteiger partial charge is 0.152 e. The first-order chi connectivity index (χ1) is 10.2. The zero-order valence-corrected chi connectivity index (χ0v) is 12.6. The second kappa shape index (κ2) is 5.43. The molecule has 106 valence electrons. The van der Waals surface area contributed by atoms with Gasteiger partial charge in [0.25, 0.3) is 0 Å². The first-order valence-corrected chi connectivity index (χ1v) is 7.00. The van der Waals surface area contributed by atoms with E-state index in [0.29, 0.717) is 21.4 Å². The monoisotopic (exact) mass is 319 g/mol. The third kappa shape index (κ3) is 2.28. The number of aldehydes is 1. The summed E-state index contributed by atoms with van der Waals surface area (Å²) in [6.07, 6.45) is 2.46. The summed E-state index contributed by atoms with van der Waals surface area (Å²) in [6, 6.07) is 8.96. The molecule has 0 fully saturated rings. The Morgan fingerprint density at radius 1 is 1.14 bits per heavy atom. The van der Waals surface area contributed by atoms with Crippen LogP contribution in [-0.4, -0.2) is 18.4 Å². The molecule has 3 nitrogen and oxygen atoms in total. The van der Waals surface area contributed by atoms with E-state index >= 15 is 0 Å². The van der Waals surface area contributed by atoms with Crippen LogP contribution in [0.3, 0.4) is 0 Å². The van der Waals surface area contributed by atoms with E-state index in [0.717, 1.165) is 28.3 Å². The van der Waals surface area contributed by atoms with E-state index in [1.54, 1.807) is 31.5 Å². The summed E-state index contributed by atoms with van der Waals surface area (Å²) >= 11 is 12.3. The van der Waals surface area contributed by atoms with Gasteiger partial charge in [0.2, 0.25) is 0 Å². The van der Waals surface area contributed by atoms with Crippen molar-refractivity contribution in [3.63, 3.8) is 0 Å². The maximum absolute atomic E-state index is 11.3. The van der Waals surface area contributed by atoms with Crippen LogP contribution in [-0.2, 0) is 0 Å². The lowest BCUT2D eigenvalue weighted by atomic mass is 9.99. The van der Waals surface area contributed by atoms with Crippen molar-refractivity contribution in [3.05, 3.63) is 52.1 Å². The zero-order valence-electron chi connectivity index (χ0n) is 11.1. The van der Waals surface area contributed by atoms with Crippen molar-refractivity contribution in [2.45, 2.75) is 0 Å². The van der Waals surface area contributed by atoms with Crippen LogP contribution in [0.2, 0.25) is 10.0 Å². The van der Waals surface area contributed by atoms with Gasteiger partial charge in [-0.25, -0.2) is 0 Å². The van der Waals surface area contributed by atoms with Crippen LogP contribution in [0.15, 0.2) is 36.5 Å². The fourth-order valence-electron chi connectivity index (χ4n) is 2.44. The molecule has 1 heterocycles. The second-order valence-electron chi connectivity index (χ2n) is 4.55. The number of fused-ring (bicyclic) bond motifs is 1. The number of hydrogen-bond acceptors (Lipinski definition) is 2. The lowest BCUT2D eigenvalue weighted by Gasteiger charge is -2.10. The minimum Gasteiger partial charge on any atom is -0.495 e. The van der Waals surface area contributed by atoms with Gasteiger partial charge in [-0.05, 0) is 35.9 Å². The molecule has 1 aromatic heterocycles. The van der Waals surface area contributed by atoms with Gasteiger partial charge in [-0.2, -0.15) is 0 Å². The molecule has 0 spiro atoms. The Balaban J connectivity index is 2.40. The van der Waals surface area contributed by atoms with Gasteiger partial charge in [0.05, 0.1) is 12.6 Å². The van der Waals surface area contributed by atoms with Gasteiger partial charge < -0.3 is 9.72 Å². The Kier molecular flexibility index (Phi) is 3.62. The molecule has 0 atom stereocenters. The zero-order chi connectivity index (χ0) is 15.0. The lowest BCUT2D eigenvalue weighted by molar-refractivity contribution is 0.112. The second-order valence-corrected chi connectivity index (χ2v) is 5.40. The Morgan fingerprint density at radius 2 is 1.95 bits per heavy atom. The summed E-state index contributed by atoms with van der Waals surface area (Å²) in [4.78, 5) is 14.4. The summed E-state index contributed by atoms with van der Waals surface area (Å²) in [5.41, 5.74) is 2.92. The Morgan fingerprint density at radius 3 is 2.67 bits per heavy atom. The van der Waals surface area contributed by atoms with Crippen molar-refractivity contribution in [2.24, 2.45) is 0 Å². The highest BCUT2D eigenvalue weighted by molar-refractivity contribution is 6.35. The number of aromatic amines is 1. The van der Waals surface area contributed by atoms with Gasteiger partial charge in [0.1, 0.15) is 5.75 Å². The molecule has 0 radical (unpaired) electrons.